The summed E-state index contributed by atoms with van der Waals surface area (Å²) in [7, 11) is 0. The van der Waals surface area contributed by atoms with Crippen LogP contribution in [0.4, 0.5) is 4.79 Å². The zero-order chi connectivity index (χ0) is 19.9. The fourth-order valence-corrected chi connectivity index (χ4v) is 3.45. The van der Waals surface area contributed by atoms with Crippen LogP contribution < -0.4 is 9.47 Å². The molecule has 0 aliphatic carbocycles. The molecule has 1 saturated heterocycles. The molecule has 0 saturated carbocycles. The van der Waals surface area contributed by atoms with Crippen molar-refractivity contribution < 1.29 is 19.1 Å². The predicted molar refractivity (Wildman–Crippen MR) is 110 cm³/mol. The van der Waals surface area contributed by atoms with Gasteiger partial charge in [0, 0.05) is 0 Å². The molecule has 1 aliphatic heterocycles. The lowest BCUT2D eigenvalue weighted by Gasteiger charge is -2.13. The van der Waals surface area contributed by atoms with Gasteiger partial charge in [-0.3, -0.25) is 14.5 Å². The number of hydrogen-bond acceptors (Lipinski definition) is 5. The zero-order valence-corrected chi connectivity index (χ0v) is 16.2. The first kappa shape index (κ1) is 19.6. The monoisotopic (exact) mass is 393 g/mol. The predicted octanol–water partition coefficient (Wildman–Crippen LogP) is 4.33. The lowest BCUT2D eigenvalue weighted by molar-refractivity contribution is -0.122. The van der Waals surface area contributed by atoms with E-state index >= 15 is 0 Å². The summed E-state index contributed by atoms with van der Waals surface area (Å²) in [4.78, 5) is 25.6. The molecule has 0 aromatic heterocycles. The fourth-order valence-electron chi connectivity index (χ4n) is 2.62. The van der Waals surface area contributed by atoms with Gasteiger partial charge < -0.3 is 9.47 Å². The van der Waals surface area contributed by atoms with Crippen LogP contribution in [0.3, 0.4) is 0 Å². The first-order valence-electron chi connectivity index (χ1n) is 8.74. The Bertz CT molecular complexity index is 947. The second-order valence-corrected chi connectivity index (χ2v) is 6.88. The van der Waals surface area contributed by atoms with Crippen LogP contribution in [0, 0.1) is 12.3 Å². The molecule has 1 aliphatic rings. The van der Waals surface area contributed by atoms with E-state index in [9.17, 15) is 9.59 Å². The summed E-state index contributed by atoms with van der Waals surface area (Å²) in [5.41, 5.74) is 1.79. The highest BCUT2D eigenvalue weighted by Crippen LogP contribution is 2.34. The van der Waals surface area contributed by atoms with E-state index in [1.165, 1.54) is 0 Å². The summed E-state index contributed by atoms with van der Waals surface area (Å²) in [6, 6.07) is 15.2. The molecule has 5 nitrogen and oxygen atoms in total. The smallest absolute Gasteiger partial charge is 0.294 e. The number of amides is 2. The van der Waals surface area contributed by atoms with Gasteiger partial charge in [-0.2, -0.15) is 0 Å². The van der Waals surface area contributed by atoms with Crippen molar-refractivity contribution in [3.05, 3.63) is 64.6 Å². The van der Waals surface area contributed by atoms with Gasteiger partial charge in [0.1, 0.15) is 6.61 Å². The van der Waals surface area contributed by atoms with Crippen LogP contribution in [0.25, 0.3) is 6.08 Å². The SMILES string of the molecule is C#CCN1C(=O)SC(=Cc2ccc(OCc3ccccc3)c(OCC)c2)C1=O. The highest BCUT2D eigenvalue weighted by molar-refractivity contribution is 8.18. The molecule has 2 aromatic carbocycles. The Morgan fingerprint density at radius 1 is 1.11 bits per heavy atom. The van der Waals surface area contributed by atoms with Crippen molar-refractivity contribution in [3.63, 3.8) is 0 Å². The standard InChI is InChI=1S/C22H19NO4S/c1-3-12-23-21(24)20(28-22(23)25)14-17-10-11-18(19(13-17)26-4-2)27-15-16-8-6-5-7-9-16/h1,5-11,13-14H,4,12,15H2,2H3. The van der Waals surface area contributed by atoms with Crippen molar-refractivity contribution in [2.45, 2.75) is 13.5 Å². The maximum atomic E-state index is 12.3. The van der Waals surface area contributed by atoms with E-state index in [0.29, 0.717) is 29.6 Å². The number of benzene rings is 2. The Hall–Kier alpha value is -3.17. The maximum absolute atomic E-state index is 12.3. The molecule has 0 radical (unpaired) electrons. The lowest BCUT2D eigenvalue weighted by Crippen LogP contribution is -2.28. The zero-order valence-electron chi connectivity index (χ0n) is 15.4. The Labute approximate surface area is 168 Å². The molecule has 2 amide bonds. The number of hydrogen-bond donors (Lipinski definition) is 0. The first-order chi connectivity index (χ1) is 13.6. The molecule has 2 aromatic rings. The third kappa shape index (κ3) is 4.56. The Kier molecular flexibility index (Phi) is 6.41. The van der Waals surface area contributed by atoms with Crippen LogP contribution in [0.1, 0.15) is 18.1 Å². The first-order valence-corrected chi connectivity index (χ1v) is 9.56. The molecule has 142 valence electrons. The van der Waals surface area contributed by atoms with Crippen LogP contribution >= 0.6 is 11.8 Å². The quantitative estimate of drug-likeness (QED) is 0.518. The molecule has 0 unspecified atom stereocenters. The third-order valence-electron chi connectivity index (χ3n) is 3.93. The third-order valence-corrected chi connectivity index (χ3v) is 4.83. The molecule has 3 rings (SSSR count). The number of imide groups is 1. The fraction of sp³-hybridized carbons (Fsp3) is 0.182. The summed E-state index contributed by atoms with van der Waals surface area (Å²) in [5.74, 6) is 3.14. The van der Waals surface area contributed by atoms with Crippen molar-refractivity contribution in [1.29, 1.82) is 0 Å². The van der Waals surface area contributed by atoms with Crippen LogP contribution in [-0.4, -0.2) is 29.2 Å². The number of ether oxygens (including phenoxy) is 2. The van der Waals surface area contributed by atoms with Gasteiger partial charge >= 0.3 is 0 Å². The Morgan fingerprint density at radius 3 is 2.61 bits per heavy atom. The Balaban J connectivity index is 1.80. The molecule has 6 heteroatoms. The topological polar surface area (TPSA) is 55.8 Å². The molecule has 1 fully saturated rings. The van der Waals surface area contributed by atoms with Gasteiger partial charge in [-0.1, -0.05) is 42.3 Å². The average molecular weight is 393 g/mol. The number of rotatable bonds is 7. The summed E-state index contributed by atoms with van der Waals surface area (Å²) in [6.07, 6.45) is 6.87. The van der Waals surface area contributed by atoms with Gasteiger partial charge in [0.25, 0.3) is 11.1 Å². The van der Waals surface area contributed by atoms with E-state index < -0.39 is 0 Å². The number of terminal acetylenes is 1. The van der Waals surface area contributed by atoms with Crippen LogP contribution in [0.5, 0.6) is 11.5 Å². The van der Waals surface area contributed by atoms with Crippen molar-refractivity contribution in [2.75, 3.05) is 13.2 Å². The van der Waals surface area contributed by atoms with Gasteiger partial charge in [0.05, 0.1) is 18.1 Å². The lowest BCUT2D eigenvalue weighted by atomic mass is 10.1. The van der Waals surface area contributed by atoms with Crippen molar-refractivity contribution >= 4 is 29.0 Å². The van der Waals surface area contributed by atoms with Gasteiger partial charge in [-0.15, -0.1) is 6.42 Å². The van der Waals surface area contributed by atoms with Gasteiger partial charge in [-0.05, 0) is 48.0 Å². The van der Waals surface area contributed by atoms with Gasteiger partial charge in [0.2, 0.25) is 0 Å². The van der Waals surface area contributed by atoms with Crippen LogP contribution in [-0.2, 0) is 11.4 Å². The number of carbonyl (C=O) groups excluding carboxylic acids is 2. The second kappa shape index (κ2) is 9.16. The van der Waals surface area contributed by atoms with E-state index in [1.54, 1.807) is 18.2 Å². The van der Waals surface area contributed by atoms with Crippen molar-refractivity contribution in [1.82, 2.24) is 4.90 Å². The summed E-state index contributed by atoms with van der Waals surface area (Å²) in [6.45, 7) is 2.76. The van der Waals surface area contributed by atoms with E-state index in [4.69, 9.17) is 15.9 Å². The minimum absolute atomic E-state index is 0.0293. The Morgan fingerprint density at radius 2 is 1.89 bits per heavy atom. The molecule has 1 heterocycles. The number of nitrogens with zero attached hydrogens (tertiary/aromatic N) is 1. The molecule has 0 N–H and O–H groups in total. The van der Waals surface area contributed by atoms with E-state index in [-0.39, 0.29) is 17.7 Å². The summed E-state index contributed by atoms with van der Waals surface area (Å²) in [5, 5.41) is -0.359. The average Bonchev–Trinajstić information content (AvgIpc) is 2.96. The van der Waals surface area contributed by atoms with Crippen molar-refractivity contribution in [2.24, 2.45) is 0 Å². The summed E-state index contributed by atoms with van der Waals surface area (Å²) >= 11 is 0.878. The van der Waals surface area contributed by atoms with Crippen LogP contribution in [0.15, 0.2) is 53.4 Å². The minimum atomic E-state index is -0.379. The van der Waals surface area contributed by atoms with E-state index in [2.05, 4.69) is 5.92 Å². The van der Waals surface area contributed by atoms with Crippen LogP contribution in [0.2, 0.25) is 0 Å². The molecule has 0 bridgehead atoms. The largest absolute Gasteiger partial charge is 0.490 e. The van der Waals surface area contributed by atoms with Gasteiger partial charge in [-0.25, -0.2) is 0 Å². The highest BCUT2D eigenvalue weighted by atomic mass is 32.2. The van der Waals surface area contributed by atoms with E-state index in [1.807, 2.05) is 43.3 Å². The molecule has 0 spiro atoms. The molecular weight excluding hydrogens is 374 g/mol. The minimum Gasteiger partial charge on any atom is -0.490 e. The number of thioether (sulfide) groups is 1. The van der Waals surface area contributed by atoms with Crippen molar-refractivity contribution in [3.8, 4) is 23.8 Å². The maximum Gasteiger partial charge on any atom is 0.294 e. The summed E-state index contributed by atoms with van der Waals surface area (Å²) < 4.78 is 11.6. The molecule has 28 heavy (non-hydrogen) atoms. The molecular formula is C22H19NO4S. The van der Waals surface area contributed by atoms with Gasteiger partial charge in [0.15, 0.2) is 11.5 Å². The normalized spacial score (nSPS) is 15.0. The molecule has 0 atom stereocenters. The second-order valence-electron chi connectivity index (χ2n) is 5.89. The number of carbonyl (C=O) groups is 2. The highest BCUT2D eigenvalue weighted by Gasteiger charge is 2.34. The van der Waals surface area contributed by atoms with E-state index in [0.717, 1.165) is 27.8 Å².